The van der Waals surface area contributed by atoms with Gasteiger partial charge in [0.2, 0.25) is 0 Å². The number of aromatic nitrogens is 2. The van der Waals surface area contributed by atoms with E-state index in [0.29, 0.717) is 6.04 Å². The molecule has 0 amide bonds. The molecule has 1 aromatic heterocycles. The fraction of sp³-hybridized carbons (Fsp3) is 0.588. The number of hydrogen-bond donors (Lipinski definition) is 1. The minimum absolute atomic E-state index is 0.207. The van der Waals surface area contributed by atoms with Crippen LogP contribution >= 0.6 is 0 Å². The molecular weight excluding hydrogens is 246 g/mol. The number of rotatable bonds is 7. The van der Waals surface area contributed by atoms with Gasteiger partial charge in [0.1, 0.15) is 5.82 Å². The van der Waals surface area contributed by atoms with E-state index in [2.05, 4.69) is 49.6 Å². The summed E-state index contributed by atoms with van der Waals surface area (Å²) in [4.78, 5) is 4.82. The molecule has 0 radical (unpaired) electrons. The fourth-order valence-corrected chi connectivity index (χ4v) is 3.07. The summed E-state index contributed by atoms with van der Waals surface area (Å²) in [6, 6.07) is 8.98. The number of aryl methyl sites for hydroxylation is 1. The highest BCUT2D eigenvalue weighted by Gasteiger charge is 2.22. The number of nitrogens with two attached hydrogens (primary N) is 1. The maximum atomic E-state index is 6.44. The normalized spacial score (nSPS) is 14.6. The van der Waals surface area contributed by atoms with Crippen LogP contribution in [0.15, 0.2) is 24.3 Å². The van der Waals surface area contributed by atoms with Crippen molar-refractivity contribution in [2.45, 2.75) is 65.0 Å². The topological polar surface area (TPSA) is 43.8 Å². The minimum atomic E-state index is 0.207. The summed E-state index contributed by atoms with van der Waals surface area (Å²) in [6.07, 6.45) is 5.38. The standard InChI is InChI=1S/C17H27N3/c1-4-9-13(18)15(6-3)20-16-12-8-7-11-14(16)19-17(20)10-5-2/h7-8,11-13,15H,4-6,9-10,18H2,1-3H3. The van der Waals surface area contributed by atoms with Crippen molar-refractivity contribution in [2.24, 2.45) is 5.73 Å². The second-order valence-electron chi connectivity index (χ2n) is 5.56. The molecule has 2 rings (SSSR count). The monoisotopic (exact) mass is 273 g/mol. The highest BCUT2D eigenvalue weighted by Crippen LogP contribution is 2.27. The van der Waals surface area contributed by atoms with Crippen LogP contribution in [-0.2, 0) is 6.42 Å². The molecule has 0 spiro atoms. The lowest BCUT2D eigenvalue weighted by atomic mass is 10.0. The van der Waals surface area contributed by atoms with Crippen molar-refractivity contribution >= 4 is 11.0 Å². The van der Waals surface area contributed by atoms with Gasteiger partial charge >= 0.3 is 0 Å². The van der Waals surface area contributed by atoms with Crippen LogP contribution in [-0.4, -0.2) is 15.6 Å². The summed E-state index contributed by atoms with van der Waals surface area (Å²) in [7, 11) is 0. The van der Waals surface area contributed by atoms with Gasteiger partial charge in [-0.05, 0) is 31.4 Å². The molecule has 20 heavy (non-hydrogen) atoms. The molecule has 0 aliphatic carbocycles. The summed E-state index contributed by atoms with van der Waals surface area (Å²) in [5.41, 5.74) is 8.76. The van der Waals surface area contributed by atoms with E-state index < -0.39 is 0 Å². The van der Waals surface area contributed by atoms with Gasteiger partial charge in [-0.1, -0.05) is 39.3 Å². The van der Waals surface area contributed by atoms with Gasteiger partial charge in [-0.2, -0.15) is 0 Å². The molecule has 0 saturated heterocycles. The third-order valence-electron chi connectivity index (χ3n) is 4.01. The first-order valence-electron chi connectivity index (χ1n) is 7.94. The van der Waals surface area contributed by atoms with Gasteiger partial charge < -0.3 is 10.3 Å². The predicted molar refractivity (Wildman–Crippen MR) is 85.9 cm³/mol. The molecule has 2 unspecified atom stereocenters. The summed E-state index contributed by atoms with van der Waals surface area (Å²) in [5.74, 6) is 1.19. The van der Waals surface area contributed by atoms with Crippen LogP contribution in [0.2, 0.25) is 0 Å². The molecule has 2 N–H and O–H groups in total. The SMILES string of the molecule is CCCc1nc2ccccc2n1C(CC)C(N)CCC. The molecule has 3 nitrogen and oxygen atoms in total. The highest BCUT2D eigenvalue weighted by atomic mass is 15.1. The summed E-state index contributed by atoms with van der Waals surface area (Å²) in [5, 5.41) is 0. The highest BCUT2D eigenvalue weighted by molar-refractivity contribution is 5.76. The Kier molecular flexibility index (Phi) is 5.18. The Morgan fingerprint density at radius 2 is 1.90 bits per heavy atom. The average Bonchev–Trinajstić information content (AvgIpc) is 2.79. The van der Waals surface area contributed by atoms with E-state index in [9.17, 15) is 0 Å². The first-order valence-corrected chi connectivity index (χ1v) is 7.94. The van der Waals surface area contributed by atoms with Crippen LogP contribution in [0.1, 0.15) is 58.3 Å². The van der Waals surface area contributed by atoms with Gasteiger partial charge in [0.25, 0.3) is 0 Å². The van der Waals surface area contributed by atoms with E-state index >= 15 is 0 Å². The maximum Gasteiger partial charge on any atom is 0.110 e. The average molecular weight is 273 g/mol. The third-order valence-corrected chi connectivity index (χ3v) is 4.01. The Bertz CT molecular complexity index is 544. The van der Waals surface area contributed by atoms with Crippen LogP contribution in [0.4, 0.5) is 0 Å². The number of fused-ring (bicyclic) bond motifs is 1. The van der Waals surface area contributed by atoms with Crippen molar-refractivity contribution in [2.75, 3.05) is 0 Å². The van der Waals surface area contributed by atoms with Gasteiger partial charge in [-0.15, -0.1) is 0 Å². The van der Waals surface area contributed by atoms with Crippen molar-refractivity contribution < 1.29 is 0 Å². The van der Waals surface area contributed by atoms with E-state index in [1.54, 1.807) is 0 Å². The van der Waals surface area contributed by atoms with Crippen LogP contribution < -0.4 is 5.73 Å². The molecule has 1 aromatic carbocycles. The summed E-state index contributed by atoms with van der Waals surface area (Å²) < 4.78 is 2.40. The zero-order valence-corrected chi connectivity index (χ0v) is 13.0. The molecular formula is C17H27N3. The molecule has 3 heteroatoms. The molecule has 2 atom stereocenters. The number of para-hydroxylation sites is 2. The quantitative estimate of drug-likeness (QED) is 0.826. The number of hydrogen-bond acceptors (Lipinski definition) is 2. The van der Waals surface area contributed by atoms with Crippen molar-refractivity contribution in [1.82, 2.24) is 9.55 Å². The van der Waals surface area contributed by atoms with Crippen molar-refractivity contribution in [3.8, 4) is 0 Å². The summed E-state index contributed by atoms with van der Waals surface area (Å²) >= 11 is 0. The Labute approximate surface area is 122 Å². The van der Waals surface area contributed by atoms with Gasteiger partial charge in [-0.25, -0.2) is 4.98 Å². The van der Waals surface area contributed by atoms with Gasteiger partial charge in [0.05, 0.1) is 17.1 Å². The number of imidazole rings is 1. The van der Waals surface area contributed by atoms with Gasteiger partial charge in [-0.3, -0.25) is 0 Å². The Morgan fingerprint density at radius 3 is 2.55 bits per heavy atom. The molecule has 0 aliphatic heterocycles. The van der Waals surface area contributed by atoms with Gasteiger partial charge in [0.15, 0.2) is 0 Å². The third kappa shape index (κ3) is 2.88. The largest absolute Gasteiger partial charge is 0.326 e. The number of nitrogens with zero attached hydrogens (tertiary/aromatic N) is 2. The number of benzene rings is 1. The first kappa shape index (κ1) is 15.0. The Hall–Kier alpha value is -1.35. The zero-order valence-electron chi connectivity index (χ0n) is 13.0. The Morgan fingerprint density at radius 1 is 1.15 bits per heavy atom. The minimum Gasteiger partial charge on any atom is -0.326 e. The lowest BCUT2D eigenvalue weighted by molar-refractivity contribution is 0.376. The van der Waals surface area contributed by atoms with Crippen LogP contribution in [0, 0.1) is 0 Å². The molecule has 0 bridgehead atoms. The van der Waals surface area contributed by atoms with Crippen LogP contribution in [0.5, 0.6) is 0 Å². The van der Waals surface area contributed by atoms with Crippen molar-refractivity contribution in [3.05, 3.63) is 30.1 Å². The molecule has 0 aliphatic rings. The fourth-order valence-electron chi connectivity index (χ4n) is 3.07. The second kappa shape index (κ2) is 6.89. The van der Waals surface area contributed by atoms with Gasteiger partial charge in [0, 0.05) is 12.5 Å². The lowest BCUT2D eigenvalue weighted by Crippen LogP contribution is -2.32. The van der Waals surface area contributed by atoms with Crippen LogP contribution in [0.3, 0.4) is 0 Å². The zero-order chi connectivity index (χ0) is 14.5. The van der Waals surface area contributed by atoms with E-state index in [4.69, 9.17) is 10.7 Å². The van der Waals surface area contributed by atoms with Crippen molar-refractivity contribution in [1.29, 1.82) is 0 Å². The molecule has 0 saturated carbocycles. The van der Waals surface area contributed by atoms with Crippen LogP contribution in [0.25, 0.3) is 11.0 Å². The molecule has 2 aromatic rings. The van der Waals surface area contributed by atoms with E-state index in [-0.39, 0.29) is 6.04 Å². The second-order valence-corrected chi connectivity index (χ2v) is 5.56. The smallest absolute Gasteiger partial charge is 0.110 e. The molecule has 110 valence electrons. The lowest BCUT2D eigenvalue weighted by Gasteiger charge is -2.26. The van der Waals surface area contributed by atoms with E-state index in [0.717, 1.165) is 37.6 Å². The van der Waals surface area contributed by atoms with Crippen molar-refractivity contribution in [3.63, 3.8) is 0 Å². The molecule has 1 heterocycles. The summed E-state index contributed by atoms with van der Waals surface area (Å²) in [6.45, 7) is 6.63. The molecule has 0 fully saturated rings. The maximum absolute atomic E-state index is 6.44. The first-order chi connectivity index (χ1) is 9.72. The Balaban J connectivity index is 2.50. The predicted octanol–water partition coefficient (Wildman–Crippen LogP) is 4.07. The van der Waals surface area contributed by atoms with E-state index in [1.807, 2.05) is 0 Å². The van der Waals surface area contributed by atoms with E-state index in [1.165, 1.54) is 11.3 Å².